The molecule has 2 aliphatic heterocycles. The minimum atomic E-state index is -3.69. The number of nitrogens with zero attached hydrogens (tertiary/aromatic N) is 3. The largest absolute Gasteiger partial charge is 0.476 e. The molecule has 31 heavy (non-hydrogen) atoms. The fraction of sp³-hybridized carbons (Fsp3) is 0.476. The highest BCUT2D eigenvalue weighted by Gasteiger charge is 2.43. The first kappa shape index (κ1) is 22.1. The summed E-state index contributed by atoms with van der Waals surface area (Å²) in [5, 5.41) is 0. The highest BCUT2D eigenvalue weighted by Crippen LogP contribution is 2.35. The van der Waals surface area contributed by atoms with Crippen molar-refractivity contribution in [1.82, 2.24) is 13.6 Å². The molecule has 0 amide bonds. The van der Waals surface area contributed by atoms with Crippen LogP contribution in [0.15, 0.2) is 42.6 Å². The first-order valence-electron chi connectivity index (χ1n) is 10.4. The molecular weight excluding hydrogens is 423 g/mol. The van der Waals surface area contributed by atoms with E-state index in [0.717, 1.165) is 11.1 Å². The van der Waals surface area contributed by atoms with E-state index in [0.29, 0.717) is 51.7 Å². The molecule has 3 heterocycles. The smallest absolute Gasteiger partial charge is 0.282 e. The molecule has 0 unspecified atom stereocenters. The van der Waals surface area contributed by atoms with Crippen LogP contribution in [0.1, 0.15) is 23.5 Å². The molecular formula is C21H27FN4O4S. The predicted molar refractivity (Wildman–Crippen MR) is 113 cm³/mol. The molecule has 2 aliphatic rings. The number of morpholine rings is 1. The van der Waals surface area contributed by atoms with Crippen LogP contribution in [0.2, 0.25) is 0 Å². The summed E-state index contributed by atoms with van der Waals surface area (Å²) in [5.41, 5.74) is 7.48. The number of hydrogen-bond donors (Lipinski definition) is 1. The standard InChI is InChI=1S/C21H27FN4O4S/c22-19-3-1-17(2-4-19)18-12-20(15-30-21-11-16(13-23)5-6-24-21)26(14-18)31(27,28)25-7-9-29-10-8-25/h1-6,11,18,20H,7-10,12-15,23H2/t18-,20-/m0/s1. The summed E-state index contributed by atoms with van der Waals surface area (Å²) in [6.07, 6.45) is 2.20. The molecule has 2 saturated heterocycles. The Hall–Kier alpha value is -2.11. The third kappa shape index (κ3) is 5.04. The van der Waals surface area contributed by atoms with Gasteiger partial charge in [0.1, 0.15) is 12.4 Å². The lowest BCUT2D eigenvalue weighted by Crippen LogP contribution is -2.51. The van der Waals surface area contributed by atoms with Crippen molar-refractivity contribution >= 4 is 10.2 Å². The van der Waals surface area contributed by atoms with Crippen LogP contribution in [0.25, 0.3) is 0 Å². The van der Waals surface area contributed by atoms with Gasteiger partial charge in [-0.1, -0.05) is 12.1 Å². The van der Waals surface area contributed by atoms with E-state index in [2.05, 4.69) is 4.98 Å². The van der Waals surface area contributed by atoms with Gasteiger partial charge in [0, 0.05) is 38.4 Å². The van der Waals surface area contributed by atoms with Gasteiger partial charge in [0.25, 0.3) is 10.2 Å². The van der Waals surface area contributed by atoms with Crippen molar-refractivity contribution < 1.29 is 22.3 Å². The van der Waals surface area contributed by atoms with Gasteiger partial charge in [-0.15, -0.1) is 0 Å². The lowest BCUT2D eigenvalue weighted by atomic mass is 9.96. The summed E-state index contributed by atoms with van der Waals surface area (Å²) in [7, 11) is -3.69. The molecule has 2 atom stereocenters. The summed E-state index contributed by atoms with van der Waals surface area (Å²) in [6.45, 7) is 2.27. The Labute approximate surface area is 181 Å². The van der Waals surface area contributed by atoms with Crippen molar-refractivity contribution in [3.8, 4) is 5.88 Å². The minimum absolute atomic E-state index is 0.0478. The van der Waals surface area contributed by atoms with E-state index >= 15 is 0 Å². The van der Waals surface area contributed by atoms with E-state index < -0.39 is 10.2 Å². The van der Waals surface area contributed by atoms with Gasteiger partial charge in [0.2, 0.25) is 5.88 Å². The Morgan fingerprint density at radius 3 is 2.65 bits per heavy atom. The maximum atomic E-state index is 13.4. The molecule has 2 aromatic rings. The van der Waals surface area contributed by atoms with Crippen molar-refractivity contribution in [2.24, 2.45) is 5.73 Å². The van der Waals surface area contributed by atoms with Gasteiger partial charge in [-0.05, 0) is 41.7 Å². The molecule has 1 aromatic carbocycles. The van der Waals surface area contributed by atoms with E-state index in [1.807, 2.05) is 6.07 Å². The second-order valence-electron chi connectivity index (χ2n) is 7.74. The van der Waals surface area contributed by atoms with Crippen LogP contribution in [0.5, 0.6) is 5.88 Å². The molecule has 168 valence electrons. The summed E-state index contributed by atoms with van der Waals surface area (Å²) in [5.74, 6) is 0.0514. The van der Waals surface area contributed by atoms with Crippen LogP contribution in [0, 0.1) is 5.82 Å². The quantitative estimate of drug-likeness (QED) is 0.687. The second-order valence-corrected chi connectivity index (χ2v) is 9.63. The fourth-order valence-electron chi connectivity index (χ4n) is 4.06. The summed E-state index contributed by atoms with van der Waals surface area (Å²) < 4.78 is 54.3. The first-order chi connectivity index (χ1) is 15.0. The Morgan fingerprint density at radius 1 is 1.19 bits per heavy atom. The zero-order valence-corrected chi connectivity index (χ0v) is 18.0. The minimum Gasteiger partial charge on any atom is -0.476 e. The Bertz CT molecular complexity index is 983. The maximum Gasteiger partial charge on any atom is 0.282 e. The first-order valence-corrected chi connectivity index (χ1v) is 11.7. The number of nitrogens with two attached hydrogens (primary N) is 1. The summed E-state index contributed by atoms with van der Waals surface area (Å²) in [6, 6.07) is 9.44. The second kappa shape index (κ2) is 9.58. The molecule has 0 radical (unpaired) electrons. The normalized spacial score (nSPS) is 23.2. The van der Waals surface area contributed by atoms with Crippen molar-refractivity contribution in [3.63, 3.8) is 0 Å². The zero-order chi connectivity index (χ0) is 21.8. The molecule has 4 rings (SSSR count). The number of hydrogen-bond acceptors (Lipinski definition) is 6. The zero-order valence-electron chi connectivity index (χ0n) is 17.2. The van der Waals surface area contributed by atoms with E-state index in [-0.39, 0.29) is 24.4 Å². The van der Waals surface area contributed by atoms with Crippen molar-refractivity contribution in [2.45, 2.75) is 24.9 Å². The maximum absolute atomic E-state index is 13.4. The van der Waals surface area contributed by atoms with Crippen molar-refractivity contribution in [2.75, 3.05) is 39.5 Å². The highest BCUT2D eigenvalue weighted by atomic mass is 32.2. The average Bonchev–Trinajstić information content (AvgIpc) is 3.24. The van der Waals surface area contributed by atoms with Gasteiger partial charge in [0.15, 0.2) is 0 Å². The monoisotopic (exact) mass is 450 g/mol. The van der Waals surface area contributed by atoms with E-state index in [9.17, 15) is 12.8 Å². The van der Waals surface area contributed by atoms with Crippen LogP contribution in [0.3, 0.4) is 0 Å². The van der Waals surface area contributed by atoms with Gasteiger partial charge in [-0.25, -0.2) is 9.37 Å². The van der Waals surface area contributed by atoms with Crippen LogP contribution in [-0.2, 0) is 21.5 Å². The van der Waals surface area contributed by atoms with E-state index in [1.165, 1.54) is 20.7 Å². The average molecular weight is 451 g/mol. The Kier molecular flexibility index (Phi) is 6.83. The molecule has 0 spiro atoms. The van der Waals surface area contributed by atoms with Gasteiger partial charge in [-0.3, -0.25) is 0 Å². The molecule has 1 aromatic heterocycles. The topological polar surface area (TPSA) is 98.0 Å². The number of rotatable bonds is 7. The SMILES string of the molecule is NCc1ccnc(OC[C@@H]2C[C@H](c3ccc(F)cc3)CN2S(=O)(=O)N2CCOCC2)c1. The van der Waals surface area contributed by atoms with Crippen LogP contribution < -0.4 is 10.5 Å². The van der Waals surface area contributed by atoms with E-state index in [1.54, 1.807) is 24.4 Å². The van der Waals surface area contributed by atoms with Gasteiger partial charge >= 0.3 is 0 Å². The number of ether oxygens (including phenoxy) is 2. The summed E-state index contributed by atoms with van der Waals surface area (Å²) in [4.78, 5) is 4.20. The molecule has 0 saturated carbocycles. The third-order valence-corrected chi connectivity index (χ3v) is 7.81. The molecule has 8 nitrogen and oxygen atoms in total. The Morgan fingerprint density at radius 2 is 1.94 bits per heavy atom. The van der Waals surface area contributed by atoms with Crippen molar-refractivity contribution in [1.29, 1.82) is 0 Å². The lowest BCUT2D eigenvalue weighted by Gasteiger charge is -2.32. The third-order valence-electron chi connectivity index (χ3n) is 5.76. The van der Waals surface area contributed by atoms with Crippen LogP contribution in [-0.4, -0.2) is 67.5 Å². The predicted octanol–water partition coefficient (Wildman–Crippen LogP) is 1.49. The number of benzene rings is 1. The van der Waals surface area contributed by atoms with E-state index in [4.69, 9.17) is 15.2 Å². The van der Waals surface area contributed by atoms with Crippen molar-refractivity contribution in [3.05, 3.63) is 59.5 Å². The molecule has 10 heteroatoms. The molecule has 0 aliphatic carbocycles. The number of halogens is 1. The van der Waals surface area contributed by atoms with Gasteiger partial charge < -0.3 is 15.2 Å². The van der Waals surface area contributed by atoms with Gasteiger partial charge in [0.05, 0.1) is 19.3 Å². The fourth-order valence-corrected chi connectivity index (χ4v) is 5.86. The van der Waals surface area contributed by atoms with Crippen LogP contribution in [0.4, 0.5) is 4.39 Å². The molecule has 0 bridgehead atoms. The Balaban J connectivity index is 1.55. The summed E-state index contributed by atoms with van der Waals surface area (Å²) >= 11 is 0. The molecule has 2 N–H and O–H groups in total. The lowest BCUT2D eigenvalue weighted by molar-refractivity contribution is 0.0693. The highest BCUT2D eigenvalue weighted by molar-refractivity contribution is 7.86. The molecule has 2 fully saturated rings. The number of pyridine rings is 1. The number of aromatic nitrogens is 1. The van der Waals surface area contributed by atoms with Crippen LogP contribution >= 0.6 is 0 Å². The van der Waals surface area contributed by atoms with Gasteiger partial charge in [-0.2, -0.15) is 17.0 Å².